The predicted molar refractivity (Wildman–Crippen MR) is 85.6 cm³/mol. The number of hydrogen-bond acceptors (Lipinski definition) is 4. The van der Waals surface area contributed by atoms with Crippen molar-refractivity contribution >= 4 is 17.6 Å². The number of benzene rings is 1. The summed E-state index contributed by atoms with van der Waals surface area (Å²) in [6, 6.07) is 7.46. The molecule has 1 aromatic carbocycles. The summed E-state index contributed by atoms with van der Waals surface area (Å²) in [5.41, 5.74) is -1.45. The third kappa shape index (κ3) is 3.77. The van der Waals surface area contributed by atoms with Gasteiger partial charge < -0.3 is 15.4 Å². The number of amides is 2. The lowest BCUT2D eigenvalue weighted by Gasteiger charge is -2.27. The van der Waals surface area contributed by atoms with Crippen LogP contribution in [-0.4, -0.2) is 35.2 Å². The summed E-state index contributed by atoms with van der Waals surface area (Å²) >= 11 is 0. The molecule has 2 rings (SSSR count). The first-order valence-electron chi connectivity index (χ1n) is 7.25. The molecule has 1 aromatic heterocycles. The quantitative estimate of drug-likeness (QED) is 0.831. The number of halogens is 1. The Balaban J connectivity index is 2.02. The van der Waals surface area contributed by atoms with Crippen molar-refractivity contribution < 1.29 is 18.7 Å². The van der Waals surface area contributed by atoms with Crippen molar-refractivity contribution in [3.63, 3.8) is 0 Å². The fraction of sp³-hybridized carbons (Fsp3) is 0.312. The van der Waals surface area contributed by atoms with Crippen molar-refractivity contribution in [3.8, 4) is 0 Å². The van der Waals surface area contributed by atoms with Gasteiger partial charge in [0.1, 0.15) is 5.82 Å². The number of anilines is 1. The summed E-state index contributed by atoms with van der Waals surface area (Å²) in [7, 11) is 3.02. The number of nitrogens with one attached hydrogen (secondary N) is 2. The van der Waals surface area contributed by atoms with Gasteiger partial charge in [-0.3, -0.25) is 14.3 Å². The van der Waals surface area contributed by atoms with Crippen molar-refractivity contribution in [2.45, 2.75) is 12.5 Å². The lowest BCUT2D eigenvalue weighted by molar-refractivity contribution is -0.143. The summed E-state index contributed by atoms with van der Waals surface area (Å²) in [6.07, 6.45) is 1.67. The van der Waals surface area contributed by atoms with E-state index < -0.39 is 23.2 Å². The van der Waals surface area contributed by atoms with Gasteiger partial charge in [0.2, 0.25) is 5.91 Å². The summed E-state index contributed by atoms with van der Waals surface area (Å²) in [5.74, 6) is -1.25. The van der Waals surface area contributed by atoms with Crippen LogP contribution in [0.15, 0.2) is 36.5 Å². The van der Waals surface area contributed by atoms with Crippen LogP contribution in [0, 0.1) is 5.82 Å². The first-order valence-corrected chi connectivity index (χ1v) is 7.25. The SMILES string of the molecule is COC(C)(C(=O)NCC(=O)Nc1ccn(C)n1)c1ccccc1F. The zero-order valence-corrected chi connectivity index (χ0v) is 13.7. The standard InChI is InChI=1S/C16H19FN4O3/c1-16(24-3,11-6-4-5-7-12(11)17)15(23)18-10-14(22)19-13-8-9-21(2)20-13/h4-9H,10H2,1-3H3,(H,18,23)(H,19,20,22). The molecule has 0 saturated carbocycles. The number of aryl methyl sites for hydroxylation is 1. The normalized spacial score (nSPS) is 13.2. The number of methoxy groups -OCH3 is 1. The maximum absolute atomic E-state index is 14.0. The first-order chi connectivity index (χ1) is 11.4. The van der Waals surface area contributed by atoms with Crippen LogP contribution in [0.4, 0.5) is 10.2 Å². The maximum atomic E-state index is 14.0. The molecule has 0 fully saturated rings. The van der Waals surface area contributed by atoms with E-state index in [2.05, 4.69) is 15.7 Å². The fourth-order valence-electron chi connectivity index (χ4n) is 2.17. The highest BCUT2D eigenvalue weighted by molar-refractivity contribution is 5.95. The molecule has 2 N–H and O–H groups in total. The first kappa shape index (κ1) is 17.6. The molecule has 2 amide bonds. The molecular weight excluding hydrogens is 315 g/mol. The Labute approximate surface area is 138 Å². The maximum Gasteiger partial charge on any atom is 0.257 e. The number of ether oxygens (including phenoxy) is 1. The van der Waals surface area contributed by atoms with Crippen molar-refractivity contribution in [1.82, 2.24) is 15.1 Å². The van der Waals surface area contributed by atoms with E-state index in [1.807, 2.05) is 0 Å². The molecule has 128 valence electrons. The number of aromatic nitrogens is 2. The number of hydrogen-bond donors (Lipinski definition) is 2. The number of nitrogens with zero attached hydrogens (tertiary/aromatic N) is 2. The van der Waals surface area contributed by atoms with E-state index in [9.17, 15) is 14.0 Å². The molecule has 0 radical (unpaired) electrons. The minimum atomic E-state index is -1.55. The Kier molecular flexibility index (Phi) is 5.30. The van der Waals surface area contributed by atoms with Crippen molar-refractivity contribution in [3.05, 3.63) is 47.9 Å². The van der Waals surface area contributed by atoms with Crippen molar-refractivity contribution in [2.24, 2.45) is 7.05 Å². The zero-order valence-electron chi connectivity index (χ0n) is 13.7. The monoisotopic (exact) mass is 334 g/mol. The number of carbonyl (C=O) groups excluding carboxylic acids is 2. The summed E-state index contributed by atoms with van der Waals surface area (Å²) in [6.45, 7) is 1.15. The van der Waals surface area contributed by atoms with Gasteiger partial charge in [0, 0.05) is 32.0 Å². The van der Waals surface area contributed by atoms with Crippen LogP contribution in [0.5, 0.6) is 0 Å². The summed E-state index contributed by atoms with van der Waals surface area (Å²) < 4.78 is 20.7. The topological polar surface area (TPSA) is 85.2 Å². The van der Waals surface area contributed by atoms with Crippen molar-refractivity contribution in [1.29, 1.82) is 0 Å². The Morgan fingerprint density at radius 3 is 2.62 bits per heavy atom. The van der Waals surface area contributed by atoms with E-state index in [1.165, 1.54) is 36.9 Å². The van der Waals surface area contributed by atoms with Gasteiger partial charge in [-0.15, -0.1) is 0 Å². The van der Waals surface area contributed by atoms with E-state index in [0.29, 0.717) is 5.82 Å². The second-order valence-corrected chi connectivity index (χ2v) is 5.32. The van der Waals surface area contributed by atoms with Gasteiger partial charge in [0.15, 0.2) is 11.4 Å². The second kappa shape index (κ2) is 7.22. The van der Waals surface area contributed by atoms with Gasteiger partial charge in [0.25, 0.3) is 5.91 Å². The minimum absolute atomic E-state index is 0.0927. The largest absolute Gasteiger partial charge is 0.364 e. The van der Waals surface area contributed by atoms with Crippen LogP contribution < -0.4 is 10.6 Å². The Bertz CT molecular complexity index is 746. The van der Waals surface area contributed by atoms with Crippen LogP contribution >= 0.6 is 0 Å². The van der Waals surface area contributed by atoms with Gasteiger partial charge in [-0.2, -0.15) is 5.10 Å². The minimum Gasteiger partial charge on any atom is -0.364 e. The van der Waals surface area contributed by atoms with Crippen molar-refractivity contribution in [2.75, 3.05) is 19.0 Å². The van der Waals surface area contributed by atoms with Gasteiger partial charge in [-0.25, -0.2) is 4.39 Å². The molecule has 1 unspecified atom stereocenters. The van der Waals surface area contributed by atoms with E-state index >= 15 is 0 Å². The van der Waals surface area contributed by atoms with E-state index in [4.69, 9.17) is 4.74 Å². The van der Waals surface area contributed by atoms with Gasteiger partial charge in [-0.1, -0.05) is 18.2 Å². The molecule has 1 atom stereocenters. The number of rotatable bonds is 6. The number of carbonyl (C=O) groups is 2. The third-order valence-corrected chi connectivity index (χ3v) is 3.62. The van der Waals surface area contributed by atoms with E-state index in [-0.39, 0.29) is 12.1 Å². The van der Waals surface area contributed by atoms with Gasteiger partial charge in [0.05, 0.1) is 6.54 Å². The zero-order chi connectivity index (χ0) is 17.7. The highest BCUT2D eigenvalue weighted by Gasteiger charge is 2.37. The van der Waals surface area contributed by atoms with Crippen LogP contribution in [0.1, 0.15) is 12.5 Å². The van der Waals surface area contributed by atoms with Gasteiger partial charge in [-0.05, 0) is 13.0 Å². The smallest absolute Gasteiger partial charge is 0.257 e. The molecule has 0 aliphatic heterocycles. The molecule has 7 nitrogen and oxygen atoms in total. The molecule has 8 heteroatoms. The van der Waals surface area contributed by atoms with Crippen LogP contribution in [0.2, 0.25) is 0 Å². The summed E-state index contributed by atoms with van der Waals surface area (Å²) in [5, 5.41) is 8.99. The fourth-order valence-corrected chi connectivity index (χ4v) is 2.17. The third-order valence-electron chi connectivity index (χ3n) is 3.62. The molecular formula is C16H19FN4O3. The molecule has 0 bridgehead atoms. The predicted octanol–water partition coefficient (Wildman–Crippen LogP) is 1.18. The van der Waals surface area contributed by atoms with Crippen LogP contribution in [0.3, 0.4) is 0 Å². The van der Waals surface area contributed by atoms with E-state index in [0.717, 1.165) is 0 Å². The molecule has 2 aromatic rings. The average Bonchev–Trinajstić information content (AvgIpc) is 2.97. The second-order valence-electron chi connectivity index (χ2n) is 5.32. The van der Waals surface area contributed by atoms with Gasteiger partial charge >= 0.3 is 0 Å². The van der Waals surface area contributed by atoms with Crippen LogP contribution in [-0.2, 0) is 27.0 Å². The van der Waals surface area contributed by atoms with E-state index in [1.54, 1.807) is 25.4 Å². The lowest BCUT2D eigenvalue weighted by atomic mass is 9.94. The van der Waals surface area contributed by atoms with Crippen LogP contribution in [0.25, 0.3) is 0 Å². The summed E-state index contributed by atoms with van der Waals surface area (Å²) in [4.78, 5) is 24.3. The molecule has 0 aliphatic carbocycles. The lowest BCUT2D eigenvalue weighted by Crippen LogP contribution is -2.46. The molecule has 0 aliphatic rings. The molecule has 0 spiro atoms. The Morgan fingerprint density at radius 1 is 1.33 bits per heavy atom. The average molecular weight is 334 g/mol. The Morgan fingerprint density at radius 2 is 2.04 bits per heavy atom. The highest BCUT2D eigenvalue weighted by Crippen LogP contribution is 2.27. The highest BCUT2D eigenvalue weighted by atomic mass is 19.1. The molecule has 1 heterocycles. The molecule has 24 heavy (non-hydrogen) atoms. The molecule has 0 saturated heterocycles. The Hall–Kier alpha value is -2.74.